The molecule has 5 heteroatoms. The first kappa shape index (κ1) is 14.3. The fourth-order valence-corrected chi connectivity index (χ4v) is 2.51. The van der Waals surface area contributed by atoms with Gasteiger partial charge in [0.15, 0.2) is 0 Å². The summed E-state index contributed by atoms with van der Waals surface area (Å²) in [5.74, 6) is 1.68. The van der Waals surface area contributed by atoms with E-state index in [0.717, 1.165) is 20.3 Å². The van der Waals surface area contributed by atoms with Crippen molar-refractivity contribution in [3.63, 3.8) is 0 Å². The minimum absolute atomic E-state index is 0.361. The molecule has 0 aliphatic heterocycles. The van der Waals surface area contributed by atoms with Crippen LogP contribution in [0.15, 0.2) is 39.4 Å². The maximum absolute atomic E-state index is 5.88. The molecule has 0 unspecified atom stereocenters. The summed E-state index contributed by atoms with van der Waals surface area (Å²) in [5, 5.41) is 0. The normalized spacial score (nSPS) is 10.8. The first-order chi connectivity index (χ1) is 8.97. The molecule has 0 saturated carbocycles. The highest BCUT2D eigenvalue weighted by Gasteiger charge is 2.12. The Balaban J connectivity index is 2.38. The minimum Gasteiger partial charge on any atom is -0.438 e. The lowest BCUT2D eigenvalue weighted by Crippen LogP contribution is -1.97. The van der Waals surface area contributed by atoms with Gasteiger partial charge in [0.2, 0.25) is 5.88 Å². The number of nitrogens with two attached hydrogens (primary N) is 1. The number of hydrogen-bond acceptors (Lipinski definition) is 3. The predicted molar refractivity (Wildman–Crippen MR) is 84.7 cm³/mol. The molecule has 2 N–H and O–H groups in total. The first-order valence-electron chi connectivity index (χ1n) is 5.85. The number of hydrogen-bond donors (Lipinski definition) is 1. The molecule has 19 heavy (non-hydrogen) atoms. The van der Waals surface area contributed by atoms with Gasteiger partial charge in [0, 0.05) is 4.47 Å². The predicted octanol–water partition coefficient (Wildman–Crippen LogP) is 5.10. The smallest absolute Gasteiger partial charge is 0.233 e. The zero-order valence-corrected chi connectivity index (χ0v) is 13.8. The van der Waals surface area contributed by atoms with Crippen molar-refractivity contribution in [1.29, 1.82) is 0 Å². The van der Waals surface area contributed by atoms with Crippen LogP contribution in [-0.4, -0.2) is 4.98 Å². The van der Waals surface area contributed by atoms with Gasteiger partial charge in [-0.25, -0.2) is 4.98 Å². The van der Waals surface area contributed by atoms with E-state index in [2.05, 4.69) is 56.8 Å². The Morgan fingerprint density at radius 3 is 2.58 bits per heavy atom. The fraction of sp³-hybridized carbons (Fsp3) is 0.214. The van der Waals surface area contributed by atoms with E-state index < -0.39 is 0 Å². The standard InChI is InChI=1S/C14H14Br2N2O/c1-8(2)11-5-9(15)3-4-13(11)19-14-12(16)6-10(17)7-18-14/h3-8H,17H2,1-2H3. The van der Waals surface area contributed by atoms with Crippen molar-refractivity contribution >= 4 is 37.5 Å². The van der Waals surface area contributed by atoms with Gasteiger partial charge < -0.3 is 10.5 Å². The van der Waals surface area contributed by atoms with Crippen LogP contribution in [0.2, 0.25) is 0 Å². The molecule has 1 aromatic heterocycles. The number of rotatable bonds is 3. The number of anilines is 1. The van der Waals surface area contributed by atoms with Crippen LogP contribution in [0.4, 0.5) is 5.69 Å². The molecular weight excluding hydrogens is 372 g/mol. The van der Waals surface area contributed by atoms with E-state index in [0.29, 0.717) is 17.5 Å². The van der Waals surface area contributed by atoms with Crippen LogP contribution in [0, 0.1) is 0 Å². The van der Waals surface area contributed by atoms with Crippen molar-refractivity contribution in [2.24, 2.45) is 0 Å². The molecule has 0 aliphatic rings. The maximum atomic E-state index is 5.88. The second-order valence-corrected chi connectivity index (χ2v) is 6.26. The maximum Gasteiger partial charge on any atom is 0.233 e. The van der Waals surface area contributed by atoms with Gasteiger partial charge in [0.1, 0.15) is 5.75 Å². The Labute approximate surface area is 129 Å². The molecule has 0 spiro atoms. The SMILES string of the molecule is CC(C)c1cc(Br)ccc1Oc1ncc(N)cc1Br. The van der Waals surface area contributed by atoms with Gasteiger partial charge in [0.05, 0.1) is 16.4 Å². The number of nitrogen functional groups attached to an aromatic ring is 1. The summed E-state index contributed by atoms with van der Waals surface area (Å²) >= 11 is 6.88. The van der Waals surface area contributed by atoms with Crippen molar-refractivity contribution in [3.8, 4) is 11.6 Å². The van der Waals surface area contributed by atoms with Crippen LogP contribution in [0.1, 0.15) is 25.3 Å². The summed E-state index contributed by atoms with van der Waals surface area (Å²) in [6.07, 6.45) is 1.58. The van der Waals surface area contributed by atoms with Crippen molar-refractivity contribution in [3.05, 3.63) is 45.0 Å². The van der Waals surface area contributed by atoms with Gasteiger partial charge in [-0.1, -0.05) is 29.8 Å². The van der Waals surface area contributed by atoms with Crippen LogP contribution < -0.4 is 10.5 Å². The molecule has 0 fully saturated rings. The topological polar surface area (TPSA) is 48.1 Å². The van der Waals surface area contributed by atoms with Crippen molar-refractivity contribution < 1.29 is 4.74 Å². The molecule has 0 radical (unpaired) electrons. The van der Waals surface area contributed by atoms with Gasteiger partial charge in [-0.15, -0.1) is 0 Å². The minimum atomic E-state index is 0.361. The van der Waals surface area contributed by atoms with Gasteiger partial charge >= 0.3 is 0 Å². The summed E-state index contributed by atoms with van der Waals surface area (Å²) in [5.41, 5.74) is 7.39. The monoisotopic (exact) mass is 384 g/mol. The zero-order valence-electron chi connectivity index (χ0n) is 10.7. The largest absolute Gasteiger partial charge is 0.438 e. The average Bonchev–Trinajstić information content (AvgIpc) is 2.34. The summed E-state index contributed by atoms with van der Waals surface area (Å²) in [4.78, 5) is 4.19. The summed E-state index contributed by atoms with van der Waals surface area (Å²) in [7, 11) is 0. The molecule has 0 saturated heterocycles. The molecule has 100 valence electrons. The van der Waals surface area contributed by atoms with Crippen LogP contribution in [-0.2, 0) is 0 Å². The number of pyridine rings is 1. The lowest BCUT2D eigenvalue weighted by Gasteiger charge is -2.14. The van der Waals surface area contributed by atoms with Gasteiger partial charge in [0.25, 0.3) is 0 Å². The molecule has 2 aromatic rings. The number of nitrogens with zero attached hydrogens (tertiary/aromatic N) is 1. The van der Waals surface area contributed by atoms with Crippen molar-refractivity contribution in [2.45, 2.75) is 19.8 Å². The molecule has 2 rings (SSSR count). The Bertz CT molecular complexity index is 600. The highest BCUT2D eigenvalue weighted by Crippen LogP contribution is 2.35. The Hall–Kier alpha value is -1.07. The average molecular weight is 386 g/mol. The van der Waals surface area contributed by atoms with E-state index in [1.54, 1.807) is 12.3 Å². The Morgan fingerprint density at radius 2 is 1.95 bits per heavy atom. The highest BCUT2D eigenvalue weighted by molar-refractivity contribution is 9.10. The summed E-state index contributed by atoms with van der Waals surface area (Å²) in [6.45, 7) is 4.25. The van der Waals surface area contributed by atoms with E-state index in [1.165, 1.54) is 0 Å². The van der Waals surface area contributed by atoms with E-state index >= 15 is 0 Å². The van der Waals surface area contributed by atoms with Crippen molar-refractivity contribution in [1.82, 2.24) is 4.98 Å². The lowest BCUT2D eigenvalue weighted by molar-refractivity contribution is 0.451. The molecule has 0 bridgehead atoms. The molecule has 1 aromatic carbocycles. The van der Waals surface area contributed by atoms with Crippen molar-refractivity contribution in [2.75, 3.05) is 5.73 Å². The quantitative estimate of drug-likeness (QED) is 0.798. The number of ether oxygens (including phenoxy) is 1. The lowest BCUT2D eigenvalue weighted by atomic mass is 10.0. The second-order valence-electron chi connectivity index (χ2n) is 4.49. The van der Waals surface area contributed by atoms with E-state index in [4.69, 9.17) is 10.5 Å². The third-order valence-electron chi connectivity index (χ3n) is 2.63. The number of benzene rings is 1. The molecule has 0 aliphatic carbocycles. The molecule has 0 amide bonds. The van der Waals surface area contributed by atoms with Crippen LogP contribution in [0.5, 0.6) is 11.6 Å². The Kier molecular flexibility index (Phi) is 4.47. The van der Waals surface area contributed by atoms with E-state index in [9.17, 15) is 0 Å². The first-order valence-corrected chi connectivity index (χ1v) is 7.44. The van der Waals surface area contributed by atoms with Gasteiger partial charge in [-0.2, -0.15) is 0 Å². The second kappa shape index (κ2) is 5.92. The third kappa shape index (κ3) is 3.48. The van der Waals surface area contributed by atoms with Crippen LogP contribution in [0.3, 0.4) is 0 Å². The molecular formula is C14H14Br2N2O. The van der Waals surface area contributed by atoms with Crippen LogP contribution >= 0.6 is 31.9 Å². The zero-order chi connectivity index (χ0) is 14.0. The van der Waals surface area contributed by atoms with Gasteiger partial charge in [-0.05, 0) is 51.7 Å². The van der Waals surface area contributed by atoms with Gasteiger partial charge in [-0.3, -0.25) is 0 Å². The molecule has 0 atom stereocenters. The van der Waals surface area contributed by atoms with E-state index in [-0.39, 0.29) is 0 Å². The van der Waals surface area contributed by atoms with Crippen LogP contribution in [0.25, 0.3) is 0 Å². The number of aromatic nitrogens is 1. The molecule has 3 nitrogen and oxygen atoms in total. The number of halogens is 2. The summed E-state index contributed by atoms with van der Waals surface area (Å²) < 4.78 is 7.65. The highest BCUT2D eigenvalue weighted by atomic mass is 79.9. The fourth-order valence-electron chi connectivity index (χ4n) is 1.68. The Morgan fingerprint density at radius 1 is 1.21 bits per heavy atom. The third-order valence-corrected chi connectivity index (χ3v) is 3.69. The molecule has 1 heterocycles. The van der Waals surface area contributed by atoms with E-state index in [1.807, 2.05) is 12.1 Å². The summed E-state index contributed by atoms with van der Waals surface area (Å²) in [6, 6.07) is 7.72.